The summed E-state index contributed by atoms with van der Waals surface area (Å²) in [4.78, 5) is 31.1. The molecule has 3 rings (SSSR count). The monoisotopic (exact) mass is 385 g/mol. The van der Waals surface area contributed by atoms with Gasteiger partial charge in [0.15, 0.2) is 5.82 Å². The molecule has 0 spiro atoms. The van der Waals surface area contributed by atoms with Crippen molar-refractivity contribution >= 4 is 17.6 Å². The maximum absolute atomic E-state index is 12.7. The first kappa shape index (κ1) is 19.9. The molecule has 8 nitrogen and oxygen atoms in total. The number of hydrogen-bond donors (Lipinski definition) is 2. The standard InChI is InChI=1S/C20H27N5O3/c1-4-17(18-21-14(3)24-28-18)23-20(27)22-16-7-5-6-15(12-16)19(26)25-10-8-13(2)9-11-25/h5-7,12-13,17H,4,8-11H2,1-3H3,(H2,22,23,27)/t17-/m1/s1. The molecular formula is C20H27N5O3. The number of rotatable bonds is 5. The fraction of sp³-hybridized carbons (Fsp3) is 0.500. The molecule has 8 heteroatoms. The number of nitrogens with one attached hydrogen (secondary N) is 2. The molecule has 0 saturated carbocycles. The number of aromatic nitrogens is 2. The molecule has 2 heterocycles. The lowest BCUT2D eigenvalue weighted by Gasteiger charge is -2.30. The van der Waals surface area contributed by atoms with Crippen LogP contribution in [0, 0.1) is 12.8 Å². The van der Waals surface area contributed by atoms with Gasteiger partial charge in [0.1, 0.15) is 6.04 Å². The van der Waals surface area contributed by atoms with Crippen molar-refractivity contribution in [1.29, 1.82) is 0 Å². The van der Waals surface area contributed by atoms with E-state index in [9.17, 15) is 9.59 Å². The number of benzene rings is 1. The summed E-state index contributed by atoms with van der Waals surface area (Å²) in [5.41, 5.74) is 1.14. The average Bonchev–Trinajstić information content (AvgIpc) is 3.12. The summed E-state index contributed by atoms with van der Waals surface area (Å²) in [5.74, 6) is 1.56. The maximum Gasteiger partial charge on any atom is 0.319 e. The first-order valence-corrected chi connectivity index (χ1v) is 9.73. The van der Waals surface area contributed by atoms with Gasteiger partial charge in [-0.25, -0.2) is 4.79 Å². The van der Waals surface area contributed by atoms with Gasteiger partial charge in [-0.3, -0.25) is 4.79 Å². The van der Waals surface area contributed by atoms with Crippen LogP contribution in [0.15, 0.2) is 28.8 Å². The molecule has 1 saturated heterocycles. The average molecular weight is 385 g/mol. The van der Waals surface area contributed by atoms with Gasteiger partial charge in [-0.15, -0.1) is 0 Å². The van der Waals surface area contributed by atoms with E-state index in [4.69, 9.17) is 4.52 Å². The van der Waals surface area contributed by atoms with Crippen molar-refractivity contribution in [1.82, 2.24) is 20.4 Å². The van der Waals surface area contributed by atoms with Crippen molar-refractivity contribution in [3.8, 4) is 0 Å². The molecule has 0 radical (unpaired) electrons. The van der Waals surface area contributed by atoms with Gasteiger partial charge in [0.05, 0.1) is 0 Å². The quantitative estimate of drug-likeness (QED) is 0.820. The Morgan fingerprint density at radius 2 is 2.07 bits per heavy atom. The number of anilines is 1. The normalized spacial score (nSPS) is 15.9. The molecule has 1 fully saturated rings. The van der Waals surface area contributed by atoms with E-state index < -0.39 is 0 Å². The summed E-state index contributed by atoms with van der Waals surface area (Å²) in [6, 6.07) is 6.25. The first-order chi connectivity index (χ1) is 13.5. The van der Waals surface area contributed by atoms with Crippen LogP contribution in [0.1, 0.15) is 61.2 Å². The van der Waals surface area contributed by atoms with Gasteiger partial charge < -0.3 is 20.1 Å². The SMILES string of the molecule is CC[C@@H](NC(=O)Nc1cccc(C(=O)N2CCC(C)CC2)c1)c1nc(C)no1. The predicted octanol–water partition coefficient (Wildman–Crippen LogP) is 3.52. The topological polar surface area (TPSA) is 100 Å². The fourth-order valence-electron chi connectivity index (χ4n) is 3.24. The van der Waals surface area contributed by atoms with Crippen molar-refractivity contribution in [3.63, 3.8) is 0 Å². The Morgan fingerprint density at radius 1 is 1.32 bits per heavy atom. The smallest absolute Gasteiger partial charge is 0.319 e. The highest BCUT2D eigenvalue weighted by Gasteiger charge is 2.22. The largest absolute Gasteiger partial charge is 0.339 e. The number of hydrogen-bond acceptors (Lipinski definition) is 5. The second kappa shape index (κ2) is 8.86. The summed E-state index contributed by atoms with van der Waals surface area (Å²) in [6.07, 6.45) is 2.67. The molecule has 0 bridgehead atoms. The second-order valence-electron chi connectivity index (χ2n) is 7.29. The molecule has 150 valence electrons. The second-order valence-corrected chi connectivity index (χ2v) is 7.29. The van der Waals surface area contributed by atoms with Crippen molar-refractivity contribution in [2.75, 3.05) is 18.4 Å². The molecular weight excluding hydrogens is 358 g/mol. The Morgan fingerprint density at radius 3 is 2.71 bits per heavy atom. The van der Waals surface area contributed by atoms with Gasteiger partial charge in [0.2, 0.25) is 5.89 Å². The van der Waals surface area contributed by atoms with Crippen LogP contribution < -0.4 is 10.6 Å². The lowest BCUT2D eigenvalue weighted by Crippen LogP contribution is -2.38. The van der Waals surface area contributed by atoms with E-state index in [0.717, 1.165) is 25.9 Å². The van der Waals surface area contributed by atoms with E-state index in [1.165, 1.54) is 0 Å². The molecule has 28 heavy (non-hydrogen) atoms. The summed E-state index contributed by atoms with van der Waals surface area (Å²) < 4.78 is 5.14. The van der Waals surface area contributed by atoms with Crippen LogP contribution >= 0.6 is 0 Å². The van der Waals surface area contributed by atoms with E-state index in [1.54, 1.807) is 31.2 Å². The van der Waals surface area contributed by atoms with Gasteiger partial charge in [0.25, 0.3) is 5.91 Å². The zero-order chi connectivity index (χ0) is 20.1. The van der Waals surface area contributed by atoms with Gasteiger partial charge in [0, 0.05) is 24.3 Å². The molecule has 1 aliphatic heterocycles. The van der Waals surface area contributed by atoms with Crippen molar-refractivity contribution in [3.05, 3.63) is 41.5 Å². The van der Waals surface area contributed by atoms with Crippen molar-refractivity contribution in [2.24, 2.45) is 5.92 Å². The van der Waals surface area contributed by atoms with E-state index in [0.29, 0.717) is 35.3 Å². The Bertz CT molecular complexity index is 827. The van der Waals surface area contributed by atoms with Gasteiger partial charge >= 0.3 is 6.03 Å². The highest BCUT2D eigenvalue weighted by Crippen LogP contribution is 2.20. The molecule has 1 aromatic heterocycles. The summed E-state index contributed by atoms with van der Waals surface area (Å²) >= 11 is 0. The molecule has 1 atom stereocenters. The number of aryl methyl sites for hydroxylation is 1. The van der Waals surface area contributed by atoms with Crippen LogP contribution in [0.3, 0.4) is 0 Å². The third kappa shape index (κ3) is 4.88. The summed E-state index contributed by atoms with van der Waals surface area (Å²) in [6.45, 7) is 7.42. The summed E-state index contributed by atoms with van der Waals surface area (Å²) in [7, 11) is 0. The fourth-order valence-corrected chi connectivity index (χ4v) is 3.24. The molecule has 0 aliphatic carbocycles. The van der Waals surface area contributed by atoms with Crippen molar-refractivity contribution < 1.29 is 14.1 Å². The highest BCUT2D eigenvalue weighted by atomic mass is 16.5. The Kier molecular flexibility index (Phi) is 6.28. The minimum Gasteiger partial charge on any atom is -0.339 e. The number of amides is 3. The predicted molar refractivity (Wildman–Crippen MR) is 105 cm³/mol. The molecule has 2 aromatic rings. The number of carbonyl (C=O) groups excluding carboxylic acids is 2. The van der Waals surface area contributed by atoms with E-state index in [2.05, 4.69) is 27.7 Å². The van der Waals surface area contributed by atoms with E-state index in [1.807, 2.05) is 11.8 Å². The van der Waals surface area contributed by atoms with Crippen LogP contribution in [-0.4, -0.2) is 40.1 Å². The maximum atomic E-state index is 12.7. The van der Waals surface area contributed by atoms with Crippen LogP contribution in [0.25, 0.3) is 0 Å². The third-order valence-electron chi connectivity index (χ3n) is 4.99. The zero-order valence-electron chi connectivity index (χ0n) is 16.6. The van der Waals surface area contributed by atoms with Gasteiger partial charge in [-0.1, -0.05) is 25.1 Å². The summed E-state index contributed by atoms with van der Waals surface area (Å²) in [5, 5.41) is 9.35. The van der Waals surface area contributed by atoms with Crippen LogP contribution in [-0.2, 0) is 0 Å². The zero-order valence-corrected chi connectivity index (χ0v) is 16.6. The van der Waals surface area contributed by atoms with Crippen LogP contribution in [0.2, 0.25) is 0 Å². The molecule has 1 aliphatic rings. The Balaban J connectivity index is 1.62. The number of piperidine rings is 1. The lowest BCUT2D eigenvalue weighted by molar-refractivity contribution is 0.0697. The highest BCUT2D eigenvalue weighted by molar-refractivity contribution is 5.97. The molecule has 1 aromatic carbocycles. The molecule has 0 unspecified atom stereocenters. The Hall–Kier alpha value is -2.90. The third-order valence-corrected chi connectivity index (χ3v) is 4.99. The Labute approximate surface area is 164 Å². The number of nitrogens with zero attached hydrogens (tertiary/aromatic N) is 3. The molecule has 3 amide bonds. The van der Waals surface area contributed by atoms with E-state index >= 15 is 0 Å². The minimum atomic E-state index is -0.390. The van der Waals surface area contributed by atoms with Gasteiger partial charge in [-0.2, -0.15) is 4.98 Å². The number of urea groups is 1. The van der Waals surface area contributed by atoms with Crippen LogP contribution in [0.4, 0.5) is 10.5 Å². The molecule has 2 N–H and O–H groups in total. The van der Waals surface area contributed by atoms with Crippen molar-refractivity contribution in [2.45, 2.75) is 46.1 Å². The number of carbonyl (C=O) groups is 2. The minimum absolute atomic E-state index is 0.00345. The van der Waals surface area contributed by atoms with Gasteiger partial charge in [-0.05, 0) is 50.3 Å². The first-order valence-electron chi connectivity index (χ1n) is 9.73. The number of likely N-dealkylation sites (tertiary alicyclic amines) is 1. The lowest BCUT2D eigenvalue weighted by atomic mass is 9.98. The van der Waals surface area contributed by atoms with E-state index in [-0.39, 0.29) is 18.0 Å². The van der Waals surface area contributed by atoms with Crippen LogP contribution in [0.5, 0.6) is 0 Å².